The first-order valence-electron chi connectivity index (χ1n) is 11.5. The maximum atomic E-state index is 12.3. The number of aliphatic hydroxyl groups is 1. The van der Waals surface area contributed by atoms with Gasteiger partial charge < -0.3 is 14.9 Å². The Morgan fingerprint density at radius 3 is 2.82 bits per heavy atom. The van der Waals surface area contributed by atoms with Gasteiger partial charge in [-0.1, -0.05) is 18.2 Å². The van der Waals surface area contributed by atoms with Crippen LogP contribution in [0.3, 0.4) is 0 Å². The van der Waals surface area contributed by atoms with Crippen molar-refractivity contribution in [2.45, 2.75) is 38.1 Å². The number of hydrogen-bond donors (Lipinski definition) is 1. The topological polar surface area (TPSA) is 93.4 Å². The second-order valence-electron chi connectivity index (χ2n) is 8.94. The summed E-state index contributed by atoms with van der Waals surface area (Å²) >= 11 is 0. The number of rotatable bonds is 5. The number of anilines is 1. The zero-order valence-electron chi connectivity index (χ0n) is 18.7. The molecule has 2 aliphatic rings. The molecule has 1 atom stereocenters. The first-order valence-corrected chi connectivity index (χ1v) is 11.5. The maximum absolute atomic E-state index is 12.3. The molecule has 1 saturated carbocycles. The van der Waals surface area contributed by atoms with E-state index in [0.29, 0.717) is 36.9 Å². The summed E-state index contributed by atoms with van der Waals surface area (Å²) in [6.45, 7) is 3.66. The van der Waals surface area contributed by atoms with E-state index in [1.165, 1.54) is 0 Å². The van der Waals surface area contributed by atoms with Crippen molar-refractivity contribution in [1.29, 1.82) is 5.26 Å². The fraction of sp³-hybridized carbons (Fsp3) is 0.385. The molecule has 168 valence electrons. The van der Waals surface area contributed by atoms with Crippen LogP contribution in [0, 0.1) is 11.3 Å². The monoisotopic (exact) mass is 441 g/mol. The van der Waals surface area contributed by atoms with Crippen LogP contribution in [0.5, 0.6) is 0 Å². The van der Waals surface area contributed by atoms with Crippen molar-refractivity contribution in [2.24, 2.45) is 0 Å². The molecule has 5 rings (SSSR count). The number of benzene rings is 1. The molecule has 1 aliphatic carbocycles. The predicted molar refractivity (Wildman–Crippen MR) is 127 cm³/mol. The van der Waals surface area contributed by atoms with E-state index in [9.17, 15) is 10.1 Å². The molecule has 3 heterocycles. The number of aliphatic hydroxyl groups excluding tert-OH is 1. The minimum atomic E-state index is -0.137. The summed E-state index contributed by atoms with van der Waals surface area (Å²) in [7, 11) is 0. The van der Waals surface area contributed by atoms with Crippen molar-refractivity contribution in [3.63, 3.8) is 0 Å². The molecule has 3 aromatic rings. The lowest BCUT2D eigenvalue weighted by molar-refractivity contribution is -0.134. The number of pyridine rings is 2. The first-order chi connectivity index (χ1) is 16.1. The third kappa shape index (κ3) is 4.03. The van der Waals surface area contributed by atoms with Gasteiger partial charge in [0.2, 0.25) is 5.91 Å². The molecule has 1 aromatic carbocycles. The number of piperazine rings is 1. The molecule has 0 spiro atoms. The second-order valence-corrected chi connectivity index (χ2v) is 8.94. The van der Waals surface area contributed by atoms with Gasteiger partial charge in [-0.3, -0.25) is 9.78 Å². The van der Waals surface area contributed by atoms with Crippen LogP contribution in [-0.4, -0.2) is 58.2 Å². The Kier molecular flexibility index (Phi) is 5.69. The number of nitriles is 1. The molecule has 0 bridgehead atoms. The fourth-order valence-corrected chi connectivity index (χ4v) is 4.84. The van der Waals surface area contributed by atoms with E-state index in [1.807, 2.05) is 36.2 Å². The van der Waals surface area contributed by atoms with Gasteiger partial charge in [0.25, 0.3) is 0 Å². The van der Waals surface area contributed by atoms with Crippen LogP contribution in [0.15, 0.2) is 42.7 Å². The van der Waals surface area contributed by atoms with E-state index in [4.69, 9.17) is 10.1 Å². The van der Waals surface area contributed by atoms with Gasteiger partial charge in [-0.15, -0.1) is 0 Å². The Morgan fingerprint density at radius 2 is 2.09 bits per heavy atom. The van der Waals surface area contributed by atoms with Crippen LogP contribution in [0.4, 0.5) is 5.82 Å². The minimum Gasteiger partial charge on any atom is -0.396 e. The molecule has 33 heavy (non-hydrogen) atoms. The summed E-state index contributed by atoms with van der Waals surface area (Å²) in [5.41, 5.74) is 3.72. The van der Waals surface area contributed by atoms with Crippen LogP contribution in [0.2, 0.25) is 0 Å². The predicted octanol–water partition coefficient (Wildman–Crippen LogP) is 3.47. The molecule has 0 unspecified atom stereocenters. The van der Waals surface area contributed by atoms with Gasteiger partial charge in [-0.25, -0.2) is 4.98 Å². The number of carbonyl (C=O) groups excluding carboxylic acids is 1. The number of carbonyl (C=O) groups is 1. The molecule has 7 nitrogen and oxygen atoms in total. The van der Waals surface area contributed by atoms with Gasteiger partial charge in [0.05, 0.1) is 17.9 Å². The highest BCUT2D eigenvalue weighted by atomic mass is 16.3. The average molecular weight is 442 g/mol. The van der Waals surface area contributed by atoms with Gasteiger partial charge in [-0.2, -0.15) is 5.26 Å². The largest absolute Gasteiger partial charge is 0.396 e. The molecule has 2 aromatic heterocycles. The molecule has 1 N–H and O–H groups in total. The van der Waals surface area contributed by atoms with E-state index in [1.54, 1.807) is 6.20 Å². The molecular weight excluding hydrogens is 414 g/mol. The summed E-state index contributed by atoms with van der Waals surface area (Å²) in [6, 6.07) is 12.6. The second kappa shape index (κ2) is 8.80. The van der Waals surface area contributed by atoms with Gasteiger partial charge in [0.1, 0.15) is 11.9 Å². The Bertz CT molecular complexity index is 1240. The zero-order chi connectivity index (χ0) is 22.9. The molecule has 1 saturated heterocycles. The normalized spacial score (nSPS) is 18.4. The Hall–Kier alpha value is -3.50. The highest BCUT2D eigenvalue weighted by Gasteiger charge is 2.33. The highest BCUT2D eigenvalue weighted by molar-refractivity contribution is 5.97. The van der Waals surface area contributed by atoms with E-state index in [0.717, 1.165) is 40.4 Å². The van der Waals surface area contributed by atoms with Crippen LogP contribution in [-0.2, 0) is 4.79 Å². The lowest BCUT2D eigenvalue weighted by Crippen LogP contribution is -2.54. The number of nitrogens with zero attached hydrogens (tertiary/aromatic N) is 5. The molecule has 7 heteroatoms. The summed E-state index contributed by atoms with van der Waals surface area (Å²) in [5, 5.41) is 21.3. The smallest absolute Gasteiger partial charge is 0.225 e. The average Bonchev–Trinajstić information content (AvgIpc) is 3.68. The third-order valence-corrected chi connectivity index (χ3v) is 6.66. The Morgan fingerprint density at radius 1 is 1.24 bits per heavy atom. The van der Waals surface area contributed by atoms with Crippen molar-refractivity contribution in [1.82, 2.24) is 14.9 Å². The fourth-order valence-electron chi connectivity index (χ4n) is 4.84. The van der Waals surface area contributed by atoms with Crippen LogP contribution in [0.1, 0.15) is 43.4 Å². The first kappa shape index (κ1) is 21.4. The van der Waals surface area contributed by atoms with Crippen molar-refractivity contribution in [3.05, 3.63) is 54.0 Å². The van der Waals surface area contributed by atoms with Crippen molar-refractivity contribution < 1.29 is 9.90 Å². The summed E-state index contributed by atoms with van der Waals surface area (Å²) in [5.74, 6) is 1.09. The number of amides is 1. The summed E-state index contributed by atoms with van der Waals surface area (Å²) in [4.78, 5) is 25.6. The molecular formula is C26H27N5O2. The Labute approximate surface area is 193 Å². The minimum absolute atomic E-state index is 0.0132. The zero-order valence-corrected chi connectivity index (χ0v) is 18.7. The van der Waals surface area contributed by atoms with Crippen LogP contribution < -0.4 is 4.90 Å². The quantitative estimate of drug-likeness (QED) is 0.652. The summed E-state index contributed by atoms with van der Waals surface area (Å²) < 4.78 is 0. The van der Waals surface area contributed by atoms with Crippen molar-refractivity contribution in [3.8, 4) is 17.2 Å². The van der Waals surface area contributed by atoms with Gasteiger partial charge in [0.15, 0.2) is 0 Å². The Balaban J connectivity index is 1.54. The highest BCUT2D eigenvalue weighted by Crippen LogP contribution is 2.46. The number of fused-ring (bicyclic) bond motifs is 1. The third-order valence-electron chi connectivity index (χ3n) is 6.66. The SMILES string of the molecule is C[C@@H]1CN(c2nc(C3CC3)c(-c3cccc4cnccc34)cc2C#N)CCN1C(=O)CCO. The van der Waals surface area contributed by atoms with Gasteiger partial charge in [0, 0.05) is 61.4 Å². The van der Waals surface area contributed by atoms with Gasteiger partial charge in [-0.05, 0) is 42.8 Å². The molecule has 1 amide bonds. The van der Waals surface area contributed by atoms with E-state index < -0.39 is 0 Å². The lowest BCUT2D eigenvalue weighted by atomic mass is 9.95. The van der Waals surface area contributed by atoms with Crippen LogP contribution in [0.25, 0.3) is 21.9 Å². The lowest BCUT2D eigenvalue weighted by Gasteiger charge is -2.41. The van der Waals surface area contributed by atoms with E-state index in [-0.39, 0.29) is 25.0 Å². The van der Waals surface area contributed by atoms with Crippen molar-refractivity contribution >= 4 is 22.5 Å². The number of aromatic nitrogens is 2. The molecule has 2 fully saturated rings. The van der Waals surface area contributed by atoms with Gasteiger partial charge >= 0.3 is 0 Å². The van der Waals surface area contributed by atoms with E-state index in [2.05, 4.69) is 28.1 Å². The molecule has 1 aliphatic heterocycles. The van der Waals surface area contributed by atoms with E-state index >= 15 is 0 Å². The number of hydrogen-bond acceptors (Lipinski definition) is 6. The molecule has 0 radical (unpaired) electrons. The summed E-state index contributed by atoms with van der Waals surface area (Å²) in [6.07, 6.45) is 6.03. The maximum Gasteiger partial charge on any atom is 0.225 e. The van der Waals surface area contributed by atoms with Crippen LogP contribution >= 0.6 is 0 Å². The van der Waals surface area contributed by atoms with Crippen molar-refractivity contribution in [2.75, 3.05) is 31.1 Å². The standard InChI is InChI=1S/C26H27N5O2/c1-17-16-30(10-11-31(17)24(33)8-12-32)26-20(14-27)13-23(25(29-26)18-5-6-18)22-4-2-3-19-15-28-9-7-21(19)22/h2-4,7,9,13,15,17-18,32H,5-6,8,10-12,16H2,1H3/t17-/m1/s1.